The van der Waals surface area contributed by atoms with Crippen molar-refractivity contribution in [1.82, 2.24) is 5.32 Å². The maximum atomic E-state index is 10.4. The minimum absolute atomic E-state index is 0.354. The van der Waals surface area contributed by atoms with Crippen molar-refractivity contribution >= 4 is 0 Å². The summed E-state index contributed by atoms with van der Waals surface area (Å²) in [5.74, 6) is 0. The van der Waals surface area contributed by atoms with E-state index in [9.17, 15) is 5.11 Å². The fraction of sp³-hybridized carbons (Fsp3) is 1.00. The SMILES string of the molecule is CCCC(O)(CCC)C1CCCN1. The van der Waals surface area contributed by atoms with E-state index in [1.54, 1.807) is 0 Å². The van der Waals surface area contributed by atoms with Crippen LogP contribution in [0.15, 0.2) is 0 Å². The van der Waals surface area contributed by atoms with E-state index in [2.05, 4.69) is 19.2 Å². The highest BCUT2D eigenvalue weighted by Gasteiger charge is 2.36. The highest BCUT2D eigenvalue weighted by Crippen LogP contribution is 2.28. The Hall–Kier alpha value is -0.0800. The topological polar surface area (TPSA) is 32.3 Å². The maximum Gasteiger partial charge on any atom is 0.0799 e. The van der Waals surface area contributed by atoms with Gasteiger partial charge in [0.25, 0.3) is 0 Å². The van der Waals surface area contributed by atoms with Gasteiger partial charge < -0.3 is 10.4 Å². The van der Waals surface area contributed by atoms with Gasteiger partial charge in [0.2, 0.25) is 0 Å². The first-order chi connectivity index (χ1) is 6.23. The zero-order valence-electron chi connectivity index (χ0n) is 8.97. The summed E-state index contributed by atoms with van der Waals surface area (Å²) in [5.41, 5.74) is -0.431. The Balaban J connectivity index is 2.52. The Labute approximate surface area is 81.7 Å². The second-order valence-electron chi connectivity index (χ2n) is 4.25. The van der Waals surface area contributed by atoms with Crippen molar-refractivity contribution < 1.29 is 5.11 Å². The van der Waals surface area contributed by atoms with Crippen molar-refractivity contribution in [1.29, 1.82) is 0 Å². The van der Waals surface area contributed by atoms with Crippen LogP contribution in [-0.2, 0) is 0 Å². The van der Waals surface area contributed by atoms with Gasteiger partial charge in [0.1, 0.15) is 0 Å². The van der Waals surface area contributed by atoms with E-state index in [-0.39, 0.29) is 0 Å². The van der Waals surface area contributed by atoms with Crippen LogP contribution in [-0.4, -0.2) is 23.3 Å². The minimum atomic E-state index is -0.431. The molecule has 0 aromatic carbocycles. The van der Waals surface area contributed by atoms with E-state index in [1.165, 1.54) is 6.42 Å². The Morgan fingerprint density at radius 2 is 1.92 bits per heavy atom. The number of hydrogen-bond donors (Lipinski definition) is 2. The van der Waals surface area contributed by atoms with E-state index < -0.39 is 5.60 Å². The highest BCUT2D eigenvalue weighted by molar-refractivity contribution is 4.93. The van der Waals surface area contributed by atoms with Crippen molar-refractivity contribution in [3.05, 3.63) is 0 Å². The molecule has 2 N–H and O–H groups in total. The van der Waals surface area contributed by atoms with E-state index >= 15 is 0 Å². The van der Waals surface area contributed by atoms with Crippen LogP contribution in [0.5, 0.6) is 0 Å². The Kier molecular flexibility index (Phi) is 4.20. The van der Waals surface area contributed by atoms with Crippen LogP contribution in [0.4, 0.5) is 0 Å². The molecule has 1 unspecified atom stereocenters. The van der Waals surface area contributed by atoms with Gasteiger partial charge in [-0.1, -0.05) is 26.7 Å². The predicted octanol–water partition coefficient (Wildman–Crippen LogP) is 2.07. The third-order valence-electron chi connectivity index (χ3n) is 3.07. The lowest BCUT2D eigenvalue weighted by Crippen LogP contribution is -2.47. The van der Waals surface area contributed by atoms with Gasteiger partial charge in [-0.2, -0.15) is 0 Å². The summed E-state index contributed by atoms with van der Waals surface area (Å²) < 4.78 is 0. The predicted molar refractivity (Wildman–Crippen MR) is 55.8 cm³/mol. The monoisotopic (exact) mass is 185 g/mol. The van der Waals surface area contributed by atoms with Gasteiger partial charge in [-0.25, -0.2) is 0 Å². The van der Waals surface area contributed by atoms with Crippen molar-refractivity contribution in [3.8, 4) is 0 Å². The quantitative estimate of drug-likeness (QED) is 0.687. The van der Waals surface area contributed by atoms with Crippen molar-refractivity contribution in [3.63, 3.8) is 0 Å². The Morgan fingerprint density at radius 3 is 2.31 bits per heavy atom. The molecule has 0 bridgehead atoms. The van der Waals surface area contributed by atoms with Gasteiger partial charge in [0.15, 0.2) is 0 Å². The van der Waals surface area contributed by atoms with Gasteiger partial charge in [0.05, 0.1) is 5.60 Å². The maximum absolute atomic E-state index is 10.4. The molecule has 0 amide bonds. The van der Waals surface area contributed by atoms with Gasteiger partial charge in [0, 0.05) is 6.04 Å². The van der Waals surface area contributed by atoms with Crippen LogP contribution in [0, 0.1) is 0 Å². The zero-order valence-corrected chi connectivity index (χ0v) is 8.97. The molecule has 0 aromatic heterocycles. The first-order valence-electron chi connectivity index (χ1n) is 5.68. The summed E-state index contributed by atoms with van der Waals surface area (Å²) >= 11 is 0. The molecule has 0 aromatic rings. The van der Waals surface area contributed by atoms with Crippen LogP contribution in [0.2, 0.25) is 0 Å². The molecular weight excluding hydrogens is 162 g/mol. The van der Waals surface area contributed by atoms with Crippen LogP contribution in [0.3, 0.4) is 0 Å². The average Bonchev–Trinajstić information content (AvgIpc) is 2.57. The molecule has 1 aliphatic heterocycles. The number of rotatable bonds is 5. The van der Waals surface area contributed by atoms with E-state index in [0.29, 0.717) is 6.04 Å². The van der Waals surface area contributed by atoms with Crippen molar-refractivity contribution in [2.75, 3.05) is 6.54 Å². The molecule has 0 radical (unpaired) electrons. The normalized spacial score (nSPS) is 23.8. The van der Waals surface area contributed by atoms with Crippen molar-refractivity contribution in [2.24, 2.45) is 0 Å². The summed E-state index contributed by atoms with van der Waals surface area (Å²) in [6.07, 6.45) is 6.41. The van der Waals surface area contributed by atoms with Crippen LogP contribution in [0.1, 0.15) is 52.4 Å². The summed E-state index contributed by atoms with van der Waals surface area (Å²) in [6, 6.07) is 0.354. The summed E-state index contributed by atoms with van der Waals surface area (Å²) in [6.45, 7) is 5.38. The lowest BCUT2D eigenvalue weighted by atomic mass is 9.84. The Bertz CT molecular complexity index is 135. The number of hydrogen-bond acceptors (Lipinski definition) is 2. The second-order valence-corrected chi connectivity index (χ2v) is 4.25. The molecule has 13 heavy (non-hydrogen) atoms. The molecule has 78 valence electrons. The molecule has 0 aliphatic carbocycles. The molecule has 1 aliphatic rings. The molecule has 1 heterocycles. The zero-order chi connectivity index (χ0) is 9.73. The van der Waals surface area contributed by atoms with Crippen molar-refractivity contribution in [2.45, 2.75) is 64.0 Å². The number of nitrogens with one attached hydrogen (secondary N) is 1. The molecule has 0 saturated carbocycles. The molecular formula is C11H23NO. The molecule has 1 saturated heterocycles. The Morgan fingerprint density at radius 1 is 1.31 bits per heavy atom. The molecule has 2 nitrogen and oxygen atoms in total. The van der Waals surface area contributed by atoms with E-state index in [4.69, 9.17) is 0 Å². The summed E-state index contributed by atoms with van der Waals surface area (Å²) in [4.78, 5) is 0. The van der Waals surface area contributed by atoms with E-state index in [0.717, 1.165) is 38.6 Å². The van der Waals surface area contributed by atoms with Crippen LogP contribution in [0.25, 0.3) is 0 Å². The first kappa shape index (κ1) is 11.0. The lowest BCUT2D eigenvalue weighted by Gasteiger charge is -2.34. The number of aliphatic hydroxyl groups is 1. The standard InChI is InChI=1S/C11H23NO/c1-3-7-11(13,8-4-2)10-6-5-9-12-10/h10,12-13H,3-9H2,1-2H3. The second kappa shape index (κ2) is 4.97. The molecule has 2 heteroatoms. The fourth-order valence-corrected chi connectivity index (χ4v) is 2.48. The summed E-state index contributed by atoms with van der Waals surface area (Å²) in [5, 5.41) is 13.9. The largest absolute Gasteiger partial charge is 0.388 e. The molecule has 0 spiro atoms. The first-order valence-corrected chi connectivity index (χ1v) is 5.68. The third kappa shape index (κ3) is 2.68. The summed E-state index contributed by atoms with van der Waals surface area (Å²) in [7, 11) is 0. The van der Waals surface area contributed by atoms with Gasteiger partial charge in [-0.15, -0.1) is 0 Å². The lowest BCUT2D eigenvalue weighted by molar-refractivity contribution is -0.00976. The molecule has 1 atom stereocenters. The van der Waals surface area contributed by atoms with E-state index in [1.807, 2.05) is 0 Å². The van der Waals surface area contributed by atoms with Crippen LogP contribution >= 0.6 is 0 Å². The third-order valence-corrected chi connectivity index (χ3v) is 3.07. The molecule has 1 rings (SSSR count). The van der Waals surface area contributed by atoms with Gasteiger partial charge in [-0.3, -0.25) is 0 Å². The smallest absolute Gasteiger partial charge is 0.0799 e. The van der Waals surface area contributed by atoms with Crippen LogP contribution < -0.4 is 5.32 Å². The fourth-order valence-electron chi connectivity index (χ4n) is 2.48. The molecule has 1 fully saturated rings. The van der Waals surface area contributed by atoms with Gasteiger partial charge in [-0.05, 0) is 32.2 Å². The highest BCUT2D eigenvalue weighted by atomic mass is 16.3. The van der Waals surface area contributed by atoms with Gasteiger partial charge >= 0.3 is 0 Å². The minimum Gasteiger partial charge on any atom is -0.388 e. The average molecular weight is 185 g/mol.